The number of thiazole rings is 1. The molecular formula is C18H17ClN2O2S. The smallest absolute Gasteiger partial charge is 0.279 e. The maximum atomic E-state index is 12.4. The Bertz CT molecular complexity index is 971. The lowest BCUT2D eigenvalue weighted by Crippen LogP contribution is -2.13. The Hall–Kier alpha value is -2.11. The molecule has 0 saturated heterocycles. The molecule has 4 nitrogen and oxygen atoms in total. The Morgan fingerprint density at radius 2 is 2.00 bits per heavy atom. The van der Waals surface area contributed by atoms with Gasteiger partial charge in [0.05, 0.1) is 16.8 Å². The average molecular weight is 361 g/mol. The Balaban J connectivity index is 2.01. The zero-order chi connectivity index (χ0) is 17.3. The van der Waals surface area contributed by atoms with Gasteiger partial charge in [-0.15, -0.1) is 0 Å². The summed E-state index contributed by atoms with van der Waals surface area (Å²) in [7, 11) is 1.91. The van der Waals surface area contributed by atoms with Gasteiger partial charge in [0.15, 0.2) is 4.80 Å². The number of benzene rings is 2. The van der Waals surface area contributed by atoms with E-state index in [1.54, 1.807) is 24.3 Å². The Kier molecular flexibility index (Phi) is 4.73. The quantitative estimate of drug-likeness (QED) is 0.697. The van der Waals surface area contributed by atoms with E-state index in [1.807, 2.05) is 37.6 Å². The van der Waals surface area contributed by atoms with E-state index >= 15 is 0 Å². The first-order chi connectivity index (χ1) is 11.5. The van der Waals surface area contributed by atoms with Gasteiger partial charge >= 0.3 is 0 Å². The Labute approximate surface area is 149 Å². The predicted octanol–water partition coefficient (Wildman–Crippen LogP) is 4.34. The van der Waals surface area contributed by atoms with Gasteiger partial charge in [-0.05, 0) is 55.8 Å². The van der Waals surface area contributed by atoms with Crippen LogP contribution < -0.4 is 9.54 Å². The molecule has 6 heteroatoms. The first-order valence-electron chi connectivity index (χ1n) is 7.57. The number of hydrogen-bond acceptors (Lipinski definition) is 3. The third kappa shape index (κ3) is 3.23. The van der Waals surface area contributed by atoms with Crippen molar-refractivity contribution in [3.05, 3.63) is 57.3 Å². The van der Waals surface area contributed by atoms with Gasteiger partial charge in [0.25, 0.3) is 5.91 Å². The summed E-state index contributed by atoms with van der Waals surface area (Å²) in [5.74, 6) is 0.468. The van der Waals surface area contributed by atoms with Gasteiger partial charge in [-0.25, -0.2) is 0 Å². The molecule has 1 aromatic heterocycles. The van der Waals surface area contributed by atoms with Crippen LogP contribution in [0.4, 0.5) is 0 Å². The molecule has 0 N–H and O–H groups in total. The normalized spacial score (nSPS) is 11.9. The van der Waals surface area contributed by atoms with Crippen molar-refractivity contribution in [1.82, 2.24) is 4.57 Å². The molecule has 0 aliphatic rings. The van der Waals surface area contributed by atoms with Crippen molar-refractivity contribution in [3.8, 4) is 5.75 Å². The summed E-state index contributed by atoms with van der Waals surface area (Å²) in [6.07, 6.45) is 0. The lowest BCUT2D eigenvalue weighted by molar-refractivity contribution is 0.0998. The number of aromatic nitrogens is 1. The largest absolute Gasteiger partial charge is 0.494 e. The van der Waals surface area contributed by atoms with E-state index in [1.165, 1.54) is 11.3 Å². The van der Waals surface area contributed by atoms with Gasteiger partial charge < -0.3 is 9.30 Å². The minimum Gasteiger partial charge on any atom is -0.494 e. The highest BCUT2D eigenvalue weighted by Crippen LogP contribution is 2.25. The maximum absolute atomic E-state index is 12.4. The fourth-order valence-electron chi connectivity index (χ4n) is 2.58. The molecule has 0 atom stereocenters. The summed E-state index contributed by atoms with van der Waals surface area (Å²) in [6.45, 7) is 4.51. The highest BCUT2D eigenvalue weighted by atomic mass is 35.5. The Morgan fingerprint density at radius 3 is 2.67 bits per heavy atom. The van der Waals surface area contributed by atoms with Crippen LogP contribution in [0.3, 0.4) is 0 Å². The van der Waals surface area contributed by atoms with Crippen LogP contribution in [0.25, 0.3) is 10.2 Å². The van der Waals surface area contributed by atoms with Crippen LogP contribution in [0, 0.1) is 6.92 Å². The molecule has 0 radical (unpaired) electrons. The lowest BCUT2D eigenvalue weighted by Gasteiger charge is -2.02. The van der Waals surface area contributed by atoms with Crippen molar-refractivity contribution in [2.24, 2.45) is 12.0 Å². The third-order valence-electron chi connectivity index (χ3n) is 3.66. The van der Waals surface area contributed by atoms with Gasteiger partial charge in [-0.1, -0.05) is 22.9 Å². The van der Waals surface area contributed by atoms with E-state index in [4.69, 9.17) is 16.3 Å². The van der Waals surface area contributed by atoms with Crippen molar-refractivity contribution in [1.29, 1.82) is 0 Å². The zero-order valence-electron chi connectivity index (χ0n) is 13.7. The first kappa shape index (κ1) is 16.7. The van der Waals surface area contributed by atoms with Crippen LogP contribution in [0.5, 0.6) is 5.75 Å². The van der Waals surface area contributed by atoms with Crippen LogP contribution in [0.1, 0.15) is 22.8 Å². The number of nitrogens with zero attached hydrogens (tertiary/aromatic N) is 2. The van der Waals surface area contributed by atoms with Crippen LogP contribution in [0.2, 0.25) is 5.02 Å². The molecule has 0 spiro atoms. The van der Waals surface area contributed by atoms with Crippen molar-refractivity contribution in [2.75, 3.05) is 6.61 Å². The number of halogens is 1. The highest BCUT2D eigenvalue weighted by Gasteiger charge is 2.10. The number of aryl methyl sites for hydroxylation is 2. The number of rotatable bonds is 3. The second-order valence-electron chi connectivity index (χ2n) is 5.39. The van der Waals surface area contributed by atoms with E-state index in [0.29, 0.717) is 22.0 Å². The molecule has 0 aliphatic heterocycles. The van der Waals surface area contributed by atoms with Crippen LogP contribution in [0.15, 0.2) is 41.4 Å². The number of ether oxygens (including phenoxy) is 1. The van der Waals surface area contributed by atoms with Crippen LogP contribution in [-0.4, -0.2) is 17.1 Å². The molecular weight excluding hydrogens is 344 g/mol. The van der Waals surface area contributed by atoms with Gasteiger partial charge in [0.1, 0.15) is 5.75 Å². The van der Waals surface area contributed by atoms with Crippen molar-refractivity contribution >= 4 is 39.1 Å². The van der Waals surface area contributed by atoms with Crippen molar-refractivity contribution < 1.29 is 9.53 Å². The molecule has 0 unspecified atom stereocenters. The molecule has 3 rings (SSSR count). The van der Waals surface area contributed by atoms with Gasteiger partial charge in [-0.3, -0.25) is 4.79 Å². The van der Waals surface area contributed by atoms with Crippen molar-refractivity contribution in [3.63, 3.8) is 0 Å². The summed E-state index contributed by atoms with van der Waals surface area (Å²) < 4.78 is 8.33. The number of hydrogen-bond donors (Lipinski definition) is 0. The summed E-state index contributed by atoms with van der Waals surface area (Å²) in [4.78, 5) is 17.3. The SMILES string of the molecule is CCOc1ccc(C(=O)N=c2sc3cc(Cl)cc(C)c3n2C)cc1. The third-order valence-corrected chi connectivity index (χ3v) is 4.96. The standard InChI is InChI=1S/C18H17ClN2O2S/c1-4-23-14-7-5-12(6-8-14)17(22)20-18-21(3)16-11(2)9-13(19)10-15(16)24-18/h5-10H,4H2,1-3H3. The topological polar surface area (TPSA) is 43.6 Å². The summed E-state index contributed by atoms with van der Waals surface area (Å²) >= 11 is 7.57. The van der Waals surface area contributed by atoms with E-state index in [0.717, 1.165) is 21.5 Å². The molecule has 0 fully saturated rings. The van der Waals surface area contributed by atoms with E-state index in [2.05, 4.69) is 4.99 Å². The summed E-state index contributed by atoms with van der Waals surface area (Å²) in [5, 5.41) is 0.686. The van der Waals surface area contributed by atoms with E-state index < -0.39 is 0 Å². The molecule has 24 heavy (non-hydrogen) atoms. The van der Waals surface area contributed by atoms with E-state index in [-0.39, 0.29) is 5.91 Å². The number of fused-ring (bicyclic) bond motifs is 1. The molecule has 0 aliphatic carbocycles. The number of amides is 1. The fourth-order valence-corrected chi connectivity index (χ4v) is 4.06. The minimum absolute atomic E-state index is 0.274. The molecule has 1 heterocycles. The summed E-state index contributed by atoms with van der Waals surface area (Å²) in [6, 6.07) is 10.8. The molecule has 124 valence electrons. The van der Waals surface area contributed by atoms with Gasteiger partial charge in [0.2, 0.25) is 0 Å². The van der Waals surface area contributed by atoms with E-state index in [9.17, 15) is 4.79 Å². The monoisotopic (exact) mass is 360 g/mol. The Morgan fingerprint density at radius 1 is 1.29 bits per heavy atom. The van der Waals surface area contributed by atoms with Gasteiger partial charge in [-0.2, -0.15) is 4.99 Å². The number of carbonyl (C=O) groups excluding carboxylic acids is 1. The molecule has 2 aromatic carbocycles. The molecule has 0 saturated carbocycles. The van der Waals surface area contributed by atoms with Gasteiger partial charge in [0, 0.05) is 17.6 Å². The number of carbonyl (C=O) groups is 1. The highest BCUT2D eigenvalue weighted by molar-refractivity contribution is 7.16. The molecule has 1 amide bonds. The first-order valence-corrected chi connectivity index (χ1v) is 8.76. The molecule has 0 bridgehead atoms. The zero-order valence-corrected chi connectivity index (χ0v) is 15.2. The fraction of sp³-hybridized carbons (Fsp3) is 0.222. The second kappa shape index (κ2) is 6.79. The predicted molar refractivity (Wildman–Crippen MR) is 98.0 cm³/mol. The minimum atomic E-state index is -0.274. The lowest BCUT2D eigenvalue weighted by atomic mass is 10.2. The molecule has 3 aromatic rings. The van der Waals surface area contributed by atoms with Crippen LogP contribution >= 0.6 is 22.9 Å². The van der Waals surface area contributed by atoms with Crippen molar-refractivity contribution in [2.45, 2.75) is 13.8 Å². The summed E-state index contributed by atoms with van der Waals surface area (Å²) in [5.41, 5.74) is 2.64. The maximum Gasteiger partial charge on any atom is 0.279 e. The van der Waals surface area contributed by atoms with Crippen LogP contribution in [-0.2, 0) is 7.05 Å². The second-order valence-corrected chi connectivity index (χ2v) is 6.83. The average Bonchev–Trinajstić information content (AvgIpc) is 2.84.